The summed E-state index contributed by atoms with van der Waals surface area (Å²) >= 11 is 0. The molecular weight excluding hydrogens is 855 g/mol. The van der Waals surface area contributed by atoms with E-state index in [1.165, 1.54) is 0 Å². The summed E-state index contributed by atoms with van der Waals surface area (Å²) in [5, 5.41) is 7.76. The van der Waals surface area contributed by atoms with Crippen LogP contribution in [0.1, 0.15) is 0 Å². The fourth-order valence-electron chi connectivity index (χ4n) is 10.4. The molecule has 0 aliphatic heterocycles. The molecule has 0 unspecified atom stereocenters. The zero-order valence-electron chi connectivity index (χ0n) is 37.7. The third-order valence-corrected chi connectivity index (χ3v) is 13.7. The maximum absolute atomic E-state index is 6.63. The van der Waals surface area contributed by atoms with Crippen LogP contribution in [0.15, 0.2) is 245 Å². The molecule has 0 bridgehead atoms. The van der Waals surface area contributed by atoms with Gasteiger partial charge in [0, 0.05) is 71.1 Å². The van der Waals surface area contributed by atoms with Crippen LogP contribution in [-0.2, 0) is 0 Å². The average molecular weight is 894 g/mol. The van der Waals surface area contributed by atoms with Crippen molar-refractivity contribution in [2.75, 3.05) is 0 Å². The summed E-state index contributed by atoms with van der Waals surface area (Å²) in [6, 6.07) is 82.5. The van der Waals surface area contributed by atoms with E-state index in [0.29, 0.717) is 5.82 Å². The van der Waals surface area contributed by atoms with Crippen molar-refractivity contribution in [2.45, 2.75) is 0 Å². The van der Waals surface area contributed by atoms with Crippen molar-refractivity contribution in [3.8, 4) is 78.5 Å². The summed E-state index contributed by atoms with van der Waals surface area (Å²) < 4.78 is 13.0. The highest BCUT2D eigenvalue weighted by molar-refractivity contribution is 6.27. The Morgan fingerprint density at radius 2 is 0.843 bits per heavy atom. The monoisotopic (exact) mass is 893 g/mol. The van der Waals surface area contributed by atoms with Crippen molar-refractivity contribution < 1.29 is 8.83 Å². The molecule has 4 heterocycles. The Bertz CT molecular complexity index is 4330. The highest BCUT2D eigenvalue weighted by atomic mass is 16.3. The molecule has 70 heavy (non-hydrogen) atoms. The first-order chi connectivity index (χ1) is 34.7. The maximum Gasteiger partial charge on any atom is 0.160 e. The Morgan fingerprint density at radius 1 is 0.286 bits per heavy atom. The van der Waals surface area contributed by atoms with Gasteiger partial charge in [0.25, 0.3) is 0 Å². The van der Waals surface area contributed by atoms with Crippen molar-refractivity contribution in [3.05, 3.63) is 237 Å². The summed E-state index contributed by atoms with van der Waals surface area (Å²) in [6.45, 7) is 0. The number of fused-ring (bicyclic) bond motifs is 9. The van der Waals surface area contributed by atoms with Crippen molar-refractivity contribution >= 4 is 65.6 Å². The minimum Gasteiger partial charge on any atom is -0.456 e. The molecule has 14 rings (SSSR count). The SMILES string of the molecule is c1ccc(-c2cc(-c3ccc(-c4cccc5c4oc4ccccc45)cc3)nc(-c3ccc(-c4cccc(-c5nc6ccccc6c6c(-c7ccccc7)c7c(cc56)oc5ccccc57)c4)cc3)n2)cc1. The van der Waals surface area contributed by atoms with E-state index in [9.17, 15) is 0 Å². The second-order valence-corrected chi connectivity index (χ2v) is 17.8. The maximum atomic E-state index is 6.63. The van der Waals surface area contributed by atoms with Gasteiger partial charge in [0.15, 0.2) is 5.82 Å². The molecule has 0 saturated carbocycles. The van der Waals surface area contributed by atoms with Crippen LogP contribution in [0.2, 0.25) is 0 Å². The standard InChI is InChI=1S/C65H39N3O2/c1-3-15-42(16-4-1)55-39-56(43-33-31-41(32-34-43)48-24-14-25-50-49-21-8-11-27-57(49)70-64(48)50)68-65(67-55)45-35-29-40(30-36-45)46-19-13-20-47(37-46)63-53-38-59-62(52-23-9-12-28-58(52)69-59)60(44-17-5-2-6-18-44)61(53)51-22-7-10-26-54(51)66-63/h1-39H. The van der Waals surface area contributed by atoms with Gasteiger partial charge < -0.3 is 8.83 Å². The quantitative estimate of drug-likeness (QED) is 0.149. The molecule has 0 aliphatic rings. The van der Waals surface area contributed by atoms with Gasteiger partial charge in [-0.3, -0.25) is 0 Å². The third-order valence-electron chi connectivity index (χ3n) is 13.7. The number of hydrogen-bond acceptors (Lipinski definition) is 5. The number of nitrogens with zero attached hydrogens (tertiary/aromatic N) is 3. The minimum atomic E-state index is 0.658. The van der Waals surface area contributed by atoms with E-state index < -0.39 is 0 Å². The molecule has 14 aromatic rings. The molecule has 0 spiro atoms. The highest BCUT2D eigenvalue weighted by Crippen LogP contribution is 2.47. The number of pyridine rings is 1. The summed E-state index contributed by atoms with van der Waals surface area (Å²) in [4.78, 5) is 15.8. The summed E-state index contributed by atoms with van der Waals surface area (Å²) in [5.74, 6) is 0.658. The van der Waals surface area contributed by atoms with Gasteiger partial charge in [-0.15, -0.1) is 0 Å². The van der Waals surface area contributed by atoms with Crippen LogP contribution >= 0.6 is 0 Å². The molecule has 0 radical (unpaired) electrons. The first-order valence-corrected chi connectivity index (χ1v) is 23.6. The van der Waals surface area contributed by atoms with Crippen LogP contribution in [0.3, 0.4) is 0 Å². The van der Waals surface area contributed by atoms with Gasteiger partial charge in [-0.25, -0.2) is 15.0 Å². The lowest BCUT2D eigenvalue weighted by Gasteiger charge is -2.16. The normalized spacial score (nSPS) is 11.7. The number of furan rings is 2. The number of hydrogen-bond donors (Lipinski definition) is 0. The molecule has 0 saturated heterocycles. The van der Waals surface area contributed by atoms with Gasteiger partial charge in [-0.1, -0.05) is 200 Å². The first kappa shape index (κ1) is 39.7. The second-order valence-electron chi connectivity index (χ2n) is 17.8. The van der Waals surface area contributed by atoms with E-state index in [0.717, 1.165) is 138 Å². The lowest BCUT2D eigenvalue weighted by atomic mass is 9.89. The Kier molecular flexibility index (Phi) is 9.14. The van der Waals surface area contributed by atoms with E-state index in [-0.39, 0.29) is 0 Å². The Hall–Kier alpha value is -9.45. The molecule has 0 atom stereocenters. The Balaban J connectivity index is 0.853. The molecule has 5 nitrogen and oxygen atoms in total. The van der Waals surface area contributed by atoms with Crippen molar-refractivity contribution in [1.29, 1.82) is 0 Å². The van der Waals surface area contributed by atoms with E-state index in [2.05, 4.69) is 200 Å². The molecule has 326 valence electrons. The summed E-state index contributed by atoms with van der Waals surface area (Å²) in [5.41, 5.74) is 17.6. The topological polar surface area (TPSA) is 65.0 Å². The molecule has 4 aromatic heterocycles. The predicted molar refractivity (Wildman–Crippen MR) is 287 cm³/mol. The Morgan fingerprint density at radius 3 is 1.61 bits per heavy atom. The van der Waals surface area contributed by atoms with Crippen molar-refractivity contribution in [3.63, 3.8) is 0 Å². The van der Waals surface area contributed by atoms with Gasteiger partial charge in [-0.2, -0.15) is 0 Å². The minimum absolute atomic E-state index is 0.658. The lowest BCUT2D eigenvalue weighted by molar-refractivity contribution is 0.669. The number of rotatable bonds is 7. The van der Waals surface area contributed by atoms with Gasteiger partial charge in [0.1, 0.15) is 22.3 Å². The van der Waals surface area contributed by atoms with Gasteiger partial charge in [-0.05, 0) is 58.7 Å². The van der Waals surface area contributed by atoms with E-state index in [4.69, 9.17) is 23.8 Å². The summed E-state index contributed by atoms with van der Waals surface area (Å²) in [7, 11) is 0. The van der Waals surface area contributed by atoms with Crippen LogP contribution < -0.4 is 0 Å². The van der Waals surface area contributed by atoms with Crippen molar-refractivity contribution in [1.82, 2.24) is 15.0 Å². The zero-order valence-corrected chi connectivity index (χ0v) is 37.7. The number of benzene rings is 10. The van der Waals surface area contributed by atoms with Gasteiger partial charge in [0.2, 0.25) is 0 Å². The van der Waals surface area contributed by atoms with E-state index in [1.54, 1.807) is 0 Å². The fourth-order valence-corrected chi connectivity index (χ4v) is 10.4. The largest absolute Gasteiger partial charge is 0.456 e. The van der Waals surface area contributed by atoms with Crippen LogP contribution in [-0.4, -0.2) is 15.0 Å². The summed E-state index contributed by atoms with van der Waals surface area (Å²) in [6.07, 6.45) is 0. The van der Waals surface area contributed by atoms with Crippen LogP contribution in [0.4, 0.5) is 0 Å². The van der Waals surface area contributed by atoms with E-state index in [1.807, 2.05) is 36.4 Å². The van der Waals surface area contributed by atoms with Gasteiger partial charge in [0.05, 0.1) is 22.6 Å². The molecule has 0 aliphatic carbocycles. The van der Waals surface area contributed by atoms with Crippen molar-refractivity contribution in [2.24, 2.45) is 0 Å². The van der Waals surface area contributed by atoms with Crippen LogP contribution in [0.5, 0.6) is 0 Å². The lowest BCUT2D eigenvalue weighted by Crippen LogP contribution is -1.96. The molecule has 10 aromatic carbocycles. The fraction of sp³-hybridized carbons (Fsp3) is 0. The van der Waals surface area contributed by atoms with Crippen LogP contribution in [0.25, 0.3) is 144 Å². The Labute approximate surface area is 402 Å². The number of para-hydroxylation sites is 4. The van der Waals surface area contributed by atoms with E-state index >= 15 is 0 Å². The van der Waals surface area contributed by atoms with Crippen LogP contribution in [0, 0.1) is 0 Å². The average Bonchev–Trinajstić information content (AvgIpc) is 4.01. The molecule has 0 N–H and O–H groups in total. The van der Waals surface area contributed by atoms with Gasteiger partial charge >= 0.3 is 0 Å². The number of aromatic nitrogens is 3. The molecule has 5 heteroatoms. The molecule has 0 fully saturated rings. The molecular formula is C65H39N3O2. The highest BCUT2D eigenvalue weighted by Gasteiger charge is 2.22. The predicted octanol–water partition coefficient (Wildman–Crippen LogP) is 17.6. The third kappa shape index (κ3) is 6.59. The molecule has 0 amide bonds. The smallest absolute Gasteiger partial charge is 0.160 e. The zero-order chi connectivity index (χ0) is 46.1. The first-order valence-electron chi connectivity index (χ1n) is 23.6. The second kappa shape index (κ2) is 16.1.